The van der Waals surface area contributed by atoms with Gasteiger partial charge in [-0.3, -0.25) is 9.59 Å². The van der Waals surface area contributed by atoms with Crippen molar-refractivity contribution in [2.45, 2.75) is 46.6 Å². The van der Waals surface area contributed by atoms with E-state index in [1.807, 2.05) is 25.3 Å². The van der Waals surface area contributed by atoms with Gasteiger partial charge in [0.1, 0.15) is 6.61 Å². The van der Waals surface area contributed by atoms with E-state index in [-0.39, 0.29) is 42.7 Å². The zero-order valence-electron chi connectivity index (χ0n) is 19.3. The summed E-state index contributed by atoms with van der Waals surface area (Å²) < 4.78 is 19.9. The first kappa shape index (κ1) is 24.2. The maximum atomic E-state index is 14.1. The van der Waals surface area contributed by atoms with Gasteiger partial charge < -0.3 is 14.5 Å². The van der Waals surface area contributed by atoms with Crippen molar-refractivity contribution in [1.82, 2.24) is 9.80 Å². The van der Waals surface area contributed by atoms with Crippen molar-refractivity contribution in [3.8, 4) is 5.75 Å². The summed E-state index contributed by atoms with van der Waals surface area (Å²) in [5.74, 6) is -0.204. The highest BCUT2D eigenvalue weighted by molar-refractivity contribution is 7.10. The Kier molecular flexibility index (Phi) is 8.29. The van der Waals surface area contributed by atoms with Crippen LogP contribution in [0.4, 0.5) is 4.39 Å². The third-order valence-electron chi connectivity index (χ3n) is 6.01. The minimum absolute atomic E-state index is 0.00830. The molecule has 2 aromatic rings. The first-order valence-corrected chi connectivity index (χ1v) is 12.2. The number of amides is 2. The second-order valence-electron chi connectivity index (χ2n) is 8.78. The molecule has 32 heavy (non-hydrogen) atoms. The van der Waals surface area contributed by atoms with Crippen molar-refractivity contribution in [3.63, 3.8) is 0 Å². The lowest BCUT2D eigenvalue weighted by atomic mass is 10.00. The fourth-order valence-corrected chi connectivity index (χ4v) is 4.89. The van der Waals surface area contributed by atoms with Crippen LogP contribution >= 0.6 is 11.3 Å². The lowest BCUT2D eigenvalue weighted by molar-refractivity contribution is -0.144. The van der Waals surface area contributed by atoms with Gasteiger partial charge in [-0.15, -0.1) is 11.3 Å². The van der Waals surface area contributed by atoms with Crippen molar-refractivity contribution >= 4 is 23.2 Å². The maximum Gasteiger partial charge on any atom is 0.242 e. The Morgan fingerprint density at radius 2 is 2.00 bits per heavy atom. The van der Waals surface area contributed by atoms with Gasteiger partial charge in [0.15, 0.2) is 11.6 Å². The van der Waals surface area contributed by atoms with Gasteiger partial charge in [0.05, 0.1) is 12.6 Å². The summed E-state index contributed by atoms with van der Waals surface area (Å²) in [5.41, 5.74) is 1.05. The lowest BCUT2D eigenvalue weighted by Gasteiger charge is -2.37. The molecule has 0 spiro atoms. The first-order chi connectivity index (χ1) is 15.3. The normalized spacial score (nSPS) is 16.6. The van der Waals surface area contributed by atoms with E-state index in [2.05, 4.69) is 13.8 Å². The summed E-state index contributed by atoms with van der Waals surface area (Å²) in [5, 5.41) is 2.02. The zero-order valence-corrected chi connectivity index (χ0v) is 20.2. The van der Waals surface area contributed by atoms with Crippen LogP contribution in [0.2, 0.25) is 0 Å². The van der Waals surface area contributed by atoms with Crippen LogP contribution in [0, 0.1) is 17.7 Å². The number of benzene rings is 1. The predicted octanol–water partition coefficient (Wildman–Crippen LogP) is 4.92. The van der Waals surface area contributed by atoms with E-state index in [0.29, 0.717) is 19.0 Å². The molecule has 0 fully saturated rings. The molecule has 0 saturated heterocycles. The van der Waals surface area contributed by atoms with Crippen LogP contribution in [-0.4, -0.2) is 47.9 Å². The molecular formula is C25H33FN2O3S. The van der Waals surface area contributed by atoms with Crippen LogP contribution in [0.15, 0.2) is 35.7 Å². The molecule has 0 bridgehead atoms. The zero-order chi connectivity index (χ0) is 23.3. The molecular weight excluding hydrogens is 427 g/mol. The number of fused-ring (bicyclic) bond motifs is 1. The van der Waals surface area contributed by atoms with Crippen molar-refractivity contribution < 1.29 is 18.7 Å². The molecule has 1 aliphatic rings. The number of thiophene rings is 1. The van der Waals surface area contributed by atoms with E-state index < -0.39 is 5.82 Å². The number of hydrogen-bond acceptors (Lipinski definition) is 4. The number of carbonyl (C=O) groups is 2. The van der Waals surface area contributed by atoms with Gasteiger partial charge >= 0.3 is 0 Å². The average molecular weight is 461 g/mol. The summed E-state index contributed by atoms with van der Waals surface area (Å²) in [7, 11) is 0. The lowest BCUT2D eigenvalue weighted by Crippen LogP contribution is -2.49. The average Bonchev–Trinajstić information content (AvgIpc) is 3.26. The highest BCUT2D eigenvalue weighted by atomic mass is 32.1. The third-order valence-corrected chi connectivity index (χ3v) is 7.01. The van der Waals surface area contributed by atoms with Gasteiger partial charge in [-0.1, -0.05) is 46.2 Å². The smallest absolute Gasteiger partial charge is 0.242 e. The summed E-state index contributed by atoms with van der Waals surface area (Å²) in [6, 6.07) is 8.01. The Balaban J connectivity index is 1.79. The topological polar surface area (TPSA) is 49.9 Å². The number of hydrogen-bond donors (Lipinski definition) is 0. The Labute approximate surface area is 194 Å². The number of rotatable bonds is 9. The van der Waals surface area contributed by atoms with E-state index in [1.165, 1.54) is 10.9 Å². The van der Waals surface area contributed by atoms with Gasteiger partial charge in [-0.05, 0) is 41.5 Å². The molecule has 7 heteroatoms. The Morgan fingerprint density at radius 3 is 2.69 bits per heavy atom. The van der Waals surface area contributed by atoms with Crippen LogP contribution in [0.1, 0.15) is 50.6 Å². The molecule has 1 aromatic carbocycles. The van der Waals surface area contributed by atoms with E-state index in [4.69, 9.17) is 4.74 Å². The molecule has 2 heterocycles. The molecule has 0 unspecified atom stereocenters. The Morgan fingerprint density at radius 1 is 1.25 bits per heavy atom. The summed E-state index contributed by atoms with van der Waals surface area (Å²) in [6.45, 7) is 9.24. The molecule has 1 aliphatic heterocycles. The summed E-state index contributed by atoms with van der Waals surface area (Å²) in [4.78, 5) is 30.9. The minimum Gasteiger partial charge on any atom is -0.488 e. The standard InChI is InChI=1S/C25H33FN2O3S/c1-5-18(4)14-27(25(30)17(2)3)15-24(29)28-12-10-23-19(11-13-32-23)21(28)16-31-22-9-7-6-8-20(22)26/h6-9,11,13,17-18,21H,5,10,12,14-16H2,1-4H3/t18-,21-/m1/s1. The van der Waals surface area contributed by atoms with Crippen molar-refractivity contribution in [2.75, 3.05) is 26.2 Å². The van der Waals surface area contributed by atoms with Crippen molar-refractivity contribution in [3.05, 3.63) is 52.0 Å². The van der Waals surface area contributed by atoms with E-state index in [0.717, 1.165) is 18.4 Å². The fraction of sp³-hybridized carbons (Fsp3) is 0.520. The third kappa shape index (κ3) is 5.68. The highest BCUT2D eigenvalue weighted by Crippen LogP contribution is 2.34. The molecule has 1 aromatic heterocycles. The summed E-state index contributed by atoms with van der Waals surface area (Å²) in [6.07, 6.45) is 1.72. The van der Waals surface area contributed by atoms with Gasteiger partial charge in [0, 0.05) is 23.9 Å². The molecule has 174 valence electrons. The van der Waals surface area contributed by atoms with Crippen LogP contribution < -0.4 is 4.74 Å². The number of ether oxygens (including phenoxy) is 1. The second kappa shape index (κ2) is 10.9. The number of halogens is 1. The van der Waals surface area contributed by atoms with Gasteiger partial charge in [0.2, 0.25) is 11.8 Å². The molecule has 2 atom stereocenters. The SMILES string of the molecule is CC[C@@H](C)CN(CC(=O)N1CCc2sccc2[C@H]1COc1ccccc1F)C(=O)C(C)C. The number of nitrogens with zero attached hydrogens (tertiary/aromatic N) is 2. The molecule has 0 radical (unpaired) electrons. The number of carbonyl (C=O) groups excluding carboxylic acids is 2. The fourth-order valence-electron chi connectivity index (χ4n) is 3.96. The van der Waals surface area contributed by atoms with Crippen LogP contribution in [-0.2, 0) is 16.0 Å². The molecule has 0 aliphatic carbocycles. The molecule has 3 rings (SSSR count). The van der Waals surface area contributed by atoms with Gasteiger partial charge in [-0.25, -0.2) is 4.39 Å². The molecule has 5 nitrogen and oxygen atoms in total. The van der Waals surface area contributed by atoms with Crippen LogP contribution in [0.25, 0.3) is 0 Å². The minimum atomic E-state index is -0.422. The first-order valence-electron chi connectivity index (χ1n) is 11.3. The molecule has 2 amide bonds. The number of para-hydroxylation sites is 1. The van der Waals surface area contributed by atoms with E-state index in [1.54, 1.807) is 39.3 Å². The van der Waals surface area contributed by atoms with E-state index >= 15 is 0 Å². The van der Waals surface area contributed by atoms with Crippen molar-refractivity contribution in [2.24, 2.45) is 11.8 Å². The van der Waals surface area contributed by atoms with Crippen LogP contribution in [0.5, 0.6) is 5.75 Å². The monoisotopic (exact) mass is 460 g/mol. The quantitative estimate of drug-likeness (QED) is 0.534. The molecule has 0 N–H and O–H groups in total. The second-order valence-corrected chi connectivity index (χ2v) is 9.78. The highest BCUT2D eigenvalue weighted by Gasteiger charge is 2.34. The Hall–Kier alpha value is -2.41. The maximum absolute atomic E-state index is 14.1. The predicted molar refractivity (Wildman–Crippen MR) is 125 cm³/mol. The molecule has 0 saturated carbocycles. The van der Waals surface area contributed by atoms with Crippen LogP contribution in [0.3, 0.4) is 0 Å². The van der Waals surface area contributed by atoms with Crippen molar-refractivity contribution in [1.29, 1.82) is 0 Å². The van der Waals surface area contributed by atoms with Gasteiger partial charge in [0.25, 0.3) is 0 Å². The van der Waals surface area contributed by atoms with Gasteiger partial charge in [-0.2, -0.15) is 0 Å². The Bertz CT molecular complexity index is 929. The largest absolute Gasteiger partial charge is 0.488 e. The van der Waals surface area contributed by atoms with E-state index in [9.17, 15) is 14.0 Å². The summed E-state index contributed by atoms with van der Waals surface area (Å²) >= 11 is 1.67.